The molecule has 0 radical (unpaired) electrons. The molecule has 1 amide bonds. The Morgan fingerprint density at radius 1 is 1.16 bits per heavy atom. The van der Waals surface area contributed by atoms with Gasteiger partial charge in [-0.2, -0.15) is 5.10 Å². The zero-order valence-corrected chi connectivity index (χ0v) is 19.3. The number of hydrogen-bond acceptors (Lipinski definition) is 4. The molecule has 1 aromatic heterocycles. The molecule has 0 fully saturated rings. The SMILES string of the molecule is COc1cccc(-c2nn(-c3ccc(C)cc3)cc2C(=O)NCC(C)(C)CN(C)C)c1. The maximum Gasteiger partial charge on any atom is 0.255 e. The van der Waals surface area contributed by atoms with E-state index in [0.717, 1.165) is 23.5 Å². The number of amides is 1. The molecule has 3 aromatic rings. The van der Waals surface area contributed by atoms with E-state index in [1.807, 2.05) is 69.6 Å². The molecule has 0 bridgehead atoms. The van der Waals surface area contributed by atoms with E-state index in [0.29, 0.717) is 17.8 Å². The van der Waals surface area contributed by atoms with E-state index >= 15 is 0 Å². The van der Waals surface area contributed by atoms with Crippen LogP contribution in [0.25, 0.3) is 16.9 Å². The second kappa shape index (κ2) is 9.35. The number of aryl methyl sites for hydroxylation is 1. The summed E-state index contributed by atoms with van der Waals surface area (Å²) in [6, 6.07) is 15.7. The Hall–Kier alpha value is -3.12. The number of carbonyl (C=O) groups excluding carboxylic acids is 1. The maximum absolute atomic E-state index is 13.2. The van der Waals surface area contributed by atoms with E-state index in [2.05, 4.69) is 24.1 Å². The summed E-state index contributed by atoms with van der Waals surface area (Å²) in [7, 11) is 5.70. The monoisotopic (exact) mass is 420 g/mol. The van der Waals surface area contributed by atoms with Gasteiger partial charge in [0.15, 0.2) is 0 Å². The third kappa shape index (κ3) is 5.73. The van der Waals surface area contributed by atoms with E-state index in [1.165, 1.54) is 5.56 Å². The highest BCUT2D eigenvalue weighted by Gasteiger charge is 2.23. The van der Waals surface area contributed by atoms with Crippen molar-refractivity contribution in [1.29, 1.82) is 0 Å². The number of nitrogens with zero attached hydrogens (tertiary/aromatic N) is 3. The Morgan fingerprint density at radius 3 is 2.52 bits per heavy atom. The van der Waals surface area contributed by atoms with Gasteiger partial charge in [0, 0.05) is 24.8 Å². The highest BCUT2D eigenvalue weighted by atomic mass is 16.5. The fraction of sp³-hybridized carbons (Fsp3) is 0.360. The van der Waals surface area contributed by atoms with Gasteiger partial charge in [0.25, 0.3) is 5.91 Å². The fourth-order valence-electron chi connectivity index (χ4n) is 3.68. The largest absolute Gasteiger partial charge is 0.497 e. The van der Waals surface area contributed by atoms with E-state index < -0.39 is 0 Å². The van der Waals surface area contributed by atoms with Gasteiger partial charge in [-0.15, -0.1) is 0 Å². The third-order valence-electron chi connectivity index (χ3n) is 5.07. The summed E-state index contributed by atoms with van der Waals surface area (Å²) in [5.74, 6) is 0.587. The second-order valence-electron chi connectivity index (χ2n) is 8.99. The van der Waals surface area contributed by atoms with Crippen molar-refractivity contribution < 1.29 is 9.53 Å². The number of ether oxygens (including phenoxy) is 1. The smallest absolute Gasteiger partial charge is 0.255 e. The van der Waals surface area contributed by atoms with Crippen molar-refractivity contribution in [3.63, 3.8) is 0 Å². The number of hydrogen-bond donors (Lipinski definition) is 1. The molecule has 0 aliphatic carbocycles. The zero-order chi connectivity index (χ0) is 22.6. The van der Waals surface area contributed by atoms with Crippen LogP contribution in [0.3, 0.4) is 0 Å². The predicted molar refractivity (Wildman–Crippen MR) is 125 cm³/mol. The Labute approximate surface area is 184 Å². The molecule has 31 heavy (non-hydrogen) atoms. The first-order valence-electron chi connectivity index (χ1n) is 10.4. The first-order valence-corrected chi connectivity index (χ1v) is 10.4. The summed E-state index contributed by atoms with van der Waals surface area (Å²) in [5.41, 5.74) is 4.02. The Morgan fingerprint density at radius 2 is 1.87 bits per heavy atom. The molecule has 0 aliphatic rings. The molecule has 0 atom stereocenters. The minimum atomic E-state index is -0.136. The van der Waals surface area contributed by atoms with Gasteiger partial charge >= 0.3 is 0 Å². The average molecular weight is 421 g/mol. The molecular weight excluding hydrogens is 388 g/mol. The summed E-state index contributed by atoms with van der Waals surface area (Å²) < 4.78 is 7.13. The summed E-state index contributed by atoms with van der Waals surface area (Å²) in [4.78, 5) is 15.3. The summed E-state index contributed by atoms with van der Waals surface area (Å²) in [6.45, 7) is 7.77. The molecule has 6 nitrogen and oxygen atoms in total. The first kappa shape index (κ1) is 22.6. The third-order valence-corrected chi connectivity index (χ3v) is 5.07. The standard InChI is InChI=1S/C25H32N4O2/c1-18-10-12-20(13-11-18)29-15-22(24(30)26-16-25(2,3)17-28(4)5)23(27-29)19-8-7-9-21(14-19)31-6/h7-15H,16-17H2,1-6H3,(H,26,30). The van der Waals surface area contributed by atoms with Gasteiger partial charge in [0.1, 0.15) is 11.4 Å². The lowest BCUT2D eigenvalue weighted by Gasteiger charge is -2.28. The van der Waals surface area contributed by atoms with Crippen molar-refractivity contribution in [2.75, 3.05) is 34.3 Å². The first-order chi connectivity index (χ1) is 14.7. The number of aromatic nitrogens is 2. The quantitative estimate of drug-likeness (QED) is 0.594. The Bertz CT molecular complexity index is 1040. The van der Waals surface area contributed by atoms with Crippen LogP contribution in [-0.2, 0) is 0 Å². The molecule has 3 rings (SSSR count). The van der Waals surface area contributed by atoms with Gasteiger partial charge in [-0.1, -0.05) is 43.7 Å². The zero-order valence-electron chi connectivity index (χ0n) is 19.3. The highest BCUT2D eigenvalue weighted by molar-refractivity contribution is 6.00. The van der Waals surface area contributed by atoms with Gasteiger partial charge in [-0.25, -0.2) is 4.68 Å². The normalized spacial score (nSPS) is 11.6. The predicted octanol–water partition coefficient (Wildman–Crippen LogP) is 4.17. The topological polar surface area (TPSA) is 59.4 Å². The molecule has 1 N–H and O–H groups in total. The molecule has 6 heteroatoms. The highest BCUT2D eigenvalue weighted by Crippen LogP contribution is 2.27. The van der Waals surface area contributed by atoms with E-state index in [9.17, 15) is 4.79 Å². The number of rotatable bonds is 8. The van der Waals surface area contributed by atoms with Crippen LogP contribution < -0.4 is 10.1 Å². The van der Waals surface area contributed by atoms with Crippen molar-refractivity contribution in [2.45, 2.75) is 20.8 Å². The lowest BCUT2D eigenvalue weighted by Crippen LogP contribution is -2.40. The van der Waals surface area contributed by atoms with Crippen molar-refractivity contribution in [1.82, 2.24) is 20.0 Å². The minimum absolute atomic E-state index is 0.0533. The van der Waals surface area contributed by atoms with Crippen LogP contribution in [0, 0.1) is 12.3 Å². The van der Waals surface area contributed by atoms with E-state index in [4.69, 9.17) is 9.84 Å². The molecule has 0 aliphatic heterocycles. The van der Waals surface area contributed by atoms with Crippen LogP contribution >= 0.6 is 0 Å². The maximum atomic E-state index is 13.2. The molecule has 164 valence electrons. The van der Waals surface area contributed by atoms with Crippen molar-refractivity contribution in [2.24, 2.45) is 5.41 Å². The summed E-state index contributed by atoms with van der Waals surface area (Å²) in [5, 5.41) is 7.87. The van der Waals surface area contributed by atoms with Gasteiger partial charge in [-0.05, 0) is 50.7 Å². The summed E-state index contributed by atoms with van der Waals surface area (Å²) >= 11 is 0. The van der Waals surface area contributed by atoms with Crippen LogP contribution in [0.4, 0.5) is 0 Å². The van der Waals surface area contributed by atoms with Gasteiger partial charge in [0.2, 0.25) is 0 Å². The molecular formula is C25H32N4O2. The van der Waals surface area contributed by atoms with Crippen LogP contribution in [0.1, 0.15) is 29.8 Å². The Balaban J connectivity index is 1.96. The number of methoxy groups -OCH3 is 1. The molecule has 0 saturated heterocycles. The molecule has 0 saturated carbocycles. The van der Waals surface area contributed by atoms with Crippen LogP contribution in [0.5, 0.6) is 5.75 Å². The van der Waals surface area contributed by atoms with E-state index in [-0.39, 0.29) is 11.3 Å². The van der Waals surface area contributed by atoms with Crippen molar-refractivity contribution in [3.8, 4) is 22.7 Å². The molecule has 0 spiro atoms. The molecule has 0 unspecified atom stereocenters. The van der Waals surface area contributed by atoms with Gasteiger partial charge < -0.3 is 15.0 Å². The van der Waals surface area contributed by atoms with Gasteiger partial charge in [0.05, 0.1) is 18.4 Å². The lowest BCUT2D eigenvalue weighted by molar-refractivity contribution is 0.0930. The summed E-state index contributed by atoms with van der Waals surface area (Å²) in [6.07, 6.45) is 1.80. The average Bonchev–Trinajstić information content (AvgIpc) is 3.17. The number of benzene rings is 2. The molecule has 1 heterocycles. The number of nitrogens with one attached hydrogen (secondary N) is 1. The van der Waals surface area contributed by atoms with Crippen LogP contribution in [0.2, 0.25) is 0 Å². The lowest BCUT2D eigenvalue weighted by atomic mass is 9.93. The second-order valence-corrected chi connectivity index (χ2v) is 8.99. The fourth-order valence-corrected chi connectivity index (χ4v) is 3.68. The van der Waals surface area contributed by atoms with Crippen LogP contribution in [-0.4, -0.2) is 54.9 Å². The van der Waals surface area contributed by atoms with Crippen molar-refractivity contribution in [3.05, 3.63) is 65.9 Å². The molecule has 2 aromatic carbocycles. The van der Waals surface area contributed by atoms with Crippen molar-refractivity contribution >= 4 is 5.91 Å². The van der Waals surface area contributed by atoms with Crippen LogP contribution in [0.15, 0.2) is 54.7 Å². The van der Waals surface area contributed by atoms with Gasteiger partial charge in [-0.3, -0.25) is 4.79 Å². The van der Waals surface area contributed by atoms with E-state index in [1.54, 1.807) is 18.0 Å². The Kier molecular flexibility index (Phi) is 6.81. The minimum Gasteiger partial charge on any atom is -0.497 e. The number of carbonyl (C=O) groups is 1.